The van der Waals surface area contributed by atoms with Gasteiger partial charge >= 0.3 is 5.97 Å². The molecular weight excluding hydrogens is 288 g/mol. The quantitative estimate of drug-likeness (QED) is 0.390. The van der Waals surface area contributed by atoms with Gasteiger partial charge in [-0.1, -0.05) is 0 Å². The molecule has 120 valence electrons. The topological polar surface area (TPSA) is 114 Å². The second-order valence-electron chi connectivity index (χ2n) is 4.92. The zero-order valence-corrected chi connectivity index (χ0v) is 12.5. The monoisotopic (exact) mass is 308 g/mol. The zero-order chi connectivity index (χ0) is 16.5. The third-order valence-corrected chi connectivity index (χ3v) is 3.32. The number of carboxylic acid groups (broad SMARTS) is 1. The van der Waals surface area contributed by atoms with Gasteiger partial charge in [0.05, 0.1) is 0 Å². The molecule has 0 aromatic carbocycles. The third kappa shape index (κ3) is 5.44. The van der Waals surface area contributed by atoms with E-state index in [1.165, 1.54) is 18.0 Å². The molecule has 1 saturated heterocycles. The van der Waals surface area contributed by atoms with Gasteiger partial charge in [0, 0.05) is 52.3 Å². The van der Waals surface area contributed by atoms with Crippen LogP contribution in [0.4, 0.5) is 0 Å². The van der Waals surface area contributed by atoms with Crippen molar-refractivity contribution in [1.82, 2.24) is 15.1 Å². The highest BCUT2D eigenvalue weighted by Gasteiger charge is 2.24. The van der Waals surface area contributed by atoms with Gasteiger partial charge in [-0.05, 0) is 6.42 Å². The van der Waals surface area contributed by atoms with Gasteiger partial charge in [-0.2, -0.15) is 5.26 Å². The van der Waals surface area contributed by atoms with Crippen molar-refractivity contribution in [2.24, 2.45) is 0 Å². The highest BCUT2D eigenvalue weighted by atomic mass is 16.4. The molecule has 1 aliphatic heterocycles. The van der Waals surface area contributed by atoms with E-state index in [4.69, 9.17) is 10.4 Å². The zero-order valence-electron chi connectivity index (χ0n) is 12.5. The number of nitrogens with one attached hydrogen (secondary N) is 1. The molecule has 8 nitrogen and oxygen atoms in total. The van der Waals surface area contributed by atoms with Crippen molar-refractivity contribution in [3.8, 4) is 6.07 Å². The lowest BCUT2D eigenvalue weighted by Gasteiger charge is -2.34. The fraction of sp³-hybridized carbons (Fsp3) is 0.571. The van der Waals surface area contributed by atoms with Crippen LogP contribution < -0.4 is 5.32 Å². The maximum absolute atomic E-state index is 12.2. The lowest BCUT2D eigenvalue weighted by atomic mass is 10.2. The number of hydrogen-bond donors (Lipinski definition) is 2. The van der Waals surface area contributed by atoms with Gasteiger partial charge in [-0.3, -0.25) is 14.4 Å². The van der Waals surface area contributed by atoms with E-state index < -0.39 is 5.97 Å². The SMILES string of the molecule is CC(=O)N1CCN(C(=O)/C(C#N)=C\NCCCC(=O)O)CC1. The molecule has 22 heavy (non-hydrogen) atoms. The van der Waals surface area contributed by atoms with Crippen LogP contribution in [0.2, 0.25) is 0 Å². The van der Waals surface area contributed by atoms with Crippen LogP contribution in [0.3, 0.4) is 0 Å². The molecule has 0 unspecified atom stereocenters. The van der Waals surface area contributed by atoms with Gasteiger partial charge in [0.1, 0.15) is 11.6 Å². The van der Waals surface area contributed by atoms with Gasteiger partial charge in [0.2, 0.25) is 5.91 Å². The normalized spacial score (nSPS) is 15.2. The van der Waals surface area contributed by atoms with Crippen LogP contribution in [0.5, 0.6) is 0 Å². The summed E-state index contributed by atoms with van der Waals surface area (Å²) in [6.45, 7) is 3.59. The van der Waals surface area contributed by atoms with Crippen molar-refractivity contribution in [3.05, 3.63) is 11.8 Å². The summed E-state index contributed by atoms with van der Waals surface area (Å²) < 4.78 is 0. The minimum atomic E-state index is -0.884. The number of amides is 2. The highest BCUT2D eigenvalue weighted by Crippen LogP contribution is 2.06. The Balaban J connectivity index is 2.46. The molecule has 1 rings (SSSR count). The molecule has 0 bridgehead atoms. The van der Waals surface area contributed by atoms with E-state index in [1.807, 2.05) is 6.07 Å². The Kier molecular flexibility index (Phi) is 6.89. The van der Waals surface area contributed by atoms with E-state index >= 15 is 0 Å². The molecule has 0 radical (unpaired) electrons. The van der Waals surface area contributed by atoms with Crippen LogP contribution in [0.15, 0.2) is 11.8 Å². The molecule has 0 spiro atoms. The fourth-order valence-electron chi connectivity index (χ4n) is 2.05. The maximum Gasteiger partial charge on any atom is 0.303 e. The Labute approximate surface area is 129 Å². The Hall–Kier alpha value is -2.56. The van der Waals surface area contributed by atoms with Crippen molar-refractivity contribution in [1.29, 1.82) is 5.26 Å². The average molecular weight is 308 g/mol. The van der Waals surface area contributed by atoms with Gasteiger partial charge in [0.15, 0.2) is 0 Å². The lowest BCUT2D eigenvalue weighted by molar-refractivity contribution is -0.137. The summed E-state index contributed by atoms with van der Waals surface area (Å²) in [6.07, 6.45) is 1.77. The largest absolute Gasteiger partial charge is 0.481 e. The minimum absolute atomic E-state index is 0.0217. The van der Waals surface area contributed by atoms with E-state index in [-0.39, 0.29) is 23.8 Å². The van der Waals surface area contributed by atoms with Crippen molar-refractivity contribution >= 4 is 17.8 Å². The highest BCUT2D eigenvalue weighted by molar-refractivity contribution is 5.97. The van der Waals surface area contributed by atoms with Crippen LogP contribution in [0, 0.1) is 11.3 Å². The summed E-state index contributed by atoms with van der Waals surface area (Å²) in [7, 11) is 0. The number of rotatable bonds is 6. The number of aliphatic carboxylic acids is 1. The minimum Gasteiger partial charge on any atom is -0.481 e. The molecule has 0 saturated carbocycles. The van der Waals surface area contributed by atoms with Crippen LogP contribution in [-0.2, 0) is 14.4 Å². The number of hydrogen-bond acceptors (Lipinski definition) is 5. The Bertz CT molecular complexity index is 501. The number of carboxylic acids is 1. The van der Waals surface area contributed by atoms with Crippen molar-refractivity contribution in [2.45, 2.75) is 19.8 Å². The van der Waals surface area contributed by atoms with Crippen molar-refractivity contribution < 1.29 is 19.5 Å². The first-order valence-electron chi connectivity index (χ1n) is 7.06. The Morgan fingerprint density at radius 1 is 1.23 bits per heavy atom. The molecule has 1 heterocycles. The van der Waals surface area contributed by atoms with E-state index in [0.717, 1.165) is 0 Å². The third-order valence-electron chi connectivity index (χ3n) is 3.32. The summed E-state index contributed by atoms with van der Waals surface area (Å²) in [6, 6.07) is 1.84. The van der Waals surface area contributed by atoms with Crippen molar-refractivity contribution in [3.63, 3.8) is 0 Å². The first-order valence-corrected chi connectivity index (χ1v) is 7.06. The van der Waals surface area contributed by atoms with Crippen molar-refractivity contribution in [2.75, 3.05) is 32.7 Å². The molecule has 1 aliphatic rings. The molecule has 2 amide bonds. The predicted molar refractivity (Wildman–Crippen MR) is 77.4 cm³/mol. The van der Waals surface area contributed by atoms with Crippen LogP contribution in [0.25, 0.3) is 0 Å². The summed E-state index contributed by atoms with van der Waals surface area (Å²) in [5, 5.41) is 20.3. The summed E-state index contributed by atoms with van der Waals surface area (Å²) in [4.78, 5) is 36.9. The lowest BCUT2D eigenvalue weighted by Crippen LogP contribution is -2.50. The summed E-state index contributed by atoms with van der Waals surface area (Å²) in [5.74, 6) is -1.29. The molecule has 0 atom stereocenters. The molecule has 0 aliphatic carbocycles. The number of carbonyl (C=O) groups is 3. The van der Waals surface area contributed by atoms with Gasteiger partial charge in [0.25, 0.3) is 5.91 Å². The molecule has 0 aromatic rings. The second-order valence-corrected chi connectivity index (χ2v) is 4.92. The second kappa shape index (κ2) is 8.67. The smallest absolute Gasteiger partial charge is 0.303 e. The summed E-state index contributed by atoms with van der Waals surface area (Å²) in [5.41, 5.74) is -0.0217. The summed E-state index contributed by atoms with van der Waals surface area (Å²) >= 11 is 0. The van der Waals surface area contributed by atoms with E-state index in [2.05, 4.69) is 5.32 Å². The predicted octanol–water partition coefficient (Wildman–Crippen LogP) is -0.461. The van der Waals surface area contributed by atoms with Crippen LogP contribution in [0.1, 0.15) is 19.8 Å². The van der Waals surface area contributed by atoms with Crippen LogP contribution >= 0.6 is 0 Å². The molecule has 8 heteroatoms. The average Bonchev–Trinajstić information content (AvgIpc) is 2.50. The maximum atomic E-state index is 12.2. The standard InChI is InChI=1S/C14H20N4O4/c1-11(19)17-5-7-18(8-6-17)14(22)12(9-15)10-16-4-2-3-13(20)21/h10,16H,2-8H2,1H3,(H,20,21)/b12-10-. The fourth-order valence-corrected chi connectivity index (χ4v) is 2.05. The Morgan fingerprint density at radius 3 is 2.32 bits per heavy atom. The first-order chi connectivity index (χ1) is 10.5. The van der Waals surface area contributed by atoms with Gasteiger partial charge in [-0.15, -0.1) is 0 Å². The number of nitriles is 1. The van der Waals surface area contributed by atoms with Gasteiger partial charge in [-0.25, -0.2) is 0 Å². The van der Waals surface area contributed by atoms with Gasteiger partial charge < -0.3 is 20.2 Å². The molecular formula is C14H20N4O4. The van der Waals surface area contributed by atoms with E-state index in [9.17, 15) is 14.4 Å². The van der Waals surface area contributed by atoms with E-state index in [1.54, 1.807) is 4.90 Å². The molecule has 2 N–H and O–H groups in total. The first kappa shape index (κ1) is 17.5. The number of carbonyl (C=O) groups excluding carboxylic acids is 2. The van der Waals surface area contributed by atoms with Crippen LogP contribution in [-0.4, -0.2) is 65.4 Å². The van der Waals surface area contributed by atoms with E-state index in [0.29, 0.717) is 39.1 Å². The molecule has 1 fully saturated rings. The molecule has 0 aromatic heterocycles. The Morgan fingerprint density at radius 2 is 1.82 bits per heavy atom. The number of piperazine rings is 1. The number of nitrogens with zero attached hydrogens (tertiary/aromatic N) is 3.